The van der Waals surface area contributed by atoms with Gasteiger partial charge in [0.1, 0.15) is 0 Å². The molecule has 3 atom stereocenters. The fourth-order valence-corrected chi connectivity index (χ4v) is 4.76. The van der Waals surface area contributed by atoms with E-state index in [-0.39, 0.29) is 17.8 Å². The van der Waals surface area contributed by atoms with E-state index in [4.69, 9.17) is 9.47 Å². The van der Waals surface area contributed by atoms with E-state index >= 15 is 0 Å². The van der Waals surface area contributed by atoms with E-state index in [0.717, 1.165) is 11.1 Å². The first-order valence-corrected chi connectivity index (χ1v) is 7.97. The van der Waals surface area contributed by atoms with Crippen molar-refractivity contribution in [2.24, 2.45) is 5.92 Å². The highest BCUT2D eigenvalue weighted by Gasteiger charge is 2.56. The molecule has 0 radical (unpaired) electrons. The highest BCUT2D eigenvalue weighted by Crippen LogP contribution is 2.58. The summed E-state index contributed by atoms with van der Waals surface area (Å²) < 4.78 is 11.8. The van der Waals surface area contributed by atoms with Crippen LogP contribution in [-0.2, 0) is 14.3 Å². The smallest absolute Gasteiger partial charge is 0.306 e. The first kappa shape index (κ1) is 14.7. The Hall–Kier alpha value is -1.91. The second-order valence-electron chi connectivity index (χ2n) is 6.53. The summed E-state index contributed by atoms with van der Waals surface area (Å²) in [6.45, 7) is 0. The Morgan fingerprint density at radius 3 is 2.00 bits per heavy atom. The molecule has 23 heavy (non-hydrogen) atoms. The van der Waals surface area contributed by atoms with Crippen molar-refractivity contribution in [3.05, 3.63) is 47.5 Å². The highest BCUT2D eigenvalue weighted by atomic mass is 16.7. The summed E-state index contributed by atoms with van der Waals surface area (Å²) >= 11 is 0. The summed E-state index contributed by atoms with van der Waals surface area (Å²) in [6, 6.07) is 12.5. The number of carbonyl (C=O) groups is 1. The van der Waals surface area contributed by atoms with Crippen molar-refractivity contribution in [1.82, 2.24) is 0 Å². The zero-order valence-corrected chi connectivity index (χ0v) is 13.3. The molecule has 0 aliphatic heterocycles. The second kappa shape index (κ2) is 5.05. The molecule has 1 unspecified atom stereocenters. The third kappa shape index (κ3) is 1.82. The molecule has 0 amide bonds. The third-order valence-corrected chi connectivity index (χ3v) is 5.72. The number of hydrogen-bond acceptors (Lipinski definition) is 3. The Labute approximate surface area is 135 Å². The Morgan fingerprint density at radius 1 is 1.04 bits per heavy atom. The second-order valence-corrected chi connectivity index (χ2v) is 6.53. The molecule has 2 aliphatic carbocycles. The average molecular weight is 312 g/mol. The summed E-state index contributed by atoms with van der Waals surface area (Å²) in [5.41, 5.74) is 2.29. The Morgan fingerprint density at radius 2 is 1.57 bits per heavy atom. The molecule has 1 saturated carbocycles. The Balaban J connectivity index is 2.02. The van der Waals surface area contributed by atoms with Crippen LogP contribution in [0.3, 0.4) is 0 Å². The summed E-state index contributed by atoms with van der Waals surface area (Å²) in [5, 5.41) is 12.0. The van der Waals surface area contributed by atoms with Crippen LogP contribution >= 0.6 is 0 Å². The summed E-state index contributed by atoms with van der Waals surface area (Å²) in [6.07, 6.45) is 1.09. The molecule has 0 aromatic heterocycles. The lowest BCUT2D eigenvalue weighted by atomic mass is 9.61. The highest BCUT2D eigenvalue weighted by molar-refractivity contribution is 5.91. The first-order chi connectivity index (χ1) is 11.1. The van der Waals surface area contributed by atoms with Crippen LogP contribution in [0.1, 0.15) is 35.8 Å². The zero-order chi connectivity index (χ0) is 16.2. The predicted molar refractivity (Wildman–Crippen MR) is 86.5 cm³/mol. The standard InChI is InChI=1S/C19H20O4/c1-22-19(23-2)15-9-12(18(20)21)10-16(19)14-8-4-6-11-5-3-7-13(15)17(11)14/h3-8,12,15-16H,9-10H2,1-2H3,(H,20,21)/t12?,15-,16+. The molecule has 2 bridgehead atoms. The van der Waals surface area contributed by atoms with Crippen molar-refractivity contribution in [3.8, 4) is 0 Å². The molecule has 2 aliphatic rings. The predicted octanol–water partition coefficient (Wildman–Crippen LogP) is 3.50. The fraction of sp³-hybridized carbons (Fsp3) is 0.421. The monoisotopic (exact) mass is 312 g/mol. The summed E-state index contributed by atoms with van der Waals surface area (Å²) in [4.78, 5) is 11.6. The lowest BCUT2D eigenvalue weighted by molar-refractivity contribution is -0.254. The van der Waals surface area contributed by atoms with Gasteiger partial charge in [-0.05, 0) is 34.7 Å². The van der Waals surface area contributed by atoms with Crippen molar-refractivity contribution < 1.29 is 19.4 Å². The normalized spacial score (nSPS) is 27.8. The number of benzene rings is 2. The molecule has 120 valence electrons. The number of hydrogen-bond donors (Lipinski definition) is 1. The van der Waals surface area contributed by atoms with Crippen molar-refractivity contribution in [1.29, 1.82) is 0 Å². The number of rotatable bonds is 3. The first-order valence-electron chi connectivity index (χ1n) is 7.97. The molecule has 1 fully saturated rings. The minimum absolute atomic E-state index is 0.0732. The van der Waals surface area contributed by atoms with E-state index in [1.165, 1.54) is 10.8 Å². The minimum atomic E-state index is -0.783. The van der Waals surface area contributed by atoms with Gasteiger partial charge in [0.25, 0.3) is 0 Å². The van der Waals surface area contributed by atoms with Gasteiger partial charge in [-0.15, -0.1) is 0 Å². The van der Waals surface area contributed by atoms with E-state index in [0.29, 0.717) is 12.8 Å². The summed E-state index contributed by atoms with van der Waals surface area (Å²) in [5.74, 6) is -2.03. The molecule has 0 heterocycles. The number of aliphatic carboxylic acids is 1. The quantitative estimate of drug-likeness (QED) is 0.881. The largest absolute Gasteiger partial charge is 0.481 e. The van der Waals surface area contributed by atoms with Crippen molar-refractivity contribution in [2.45, 2.75) is 30.5 Å². The van der Waals surface area contributed by atoms with Crippen LogP contribution in [0, 0.1) is 5.92 Å². The molecule has 4 heteroatoms. The van der Waals surface area contributed by atoms with Crippen LogP contribution in [-0.4, -0.2) is 31.1 Å². The number of ether oxygens (including phenoxy) is 2. The van der Waals surface area contributed by atoms with Gasteiger partial charge in [0.2, 0.25) is 0 Å². The van der Waals surface area contributed by atoms with Crippen LogP contribution in [0.5, 0.6) is 0 Å². The maximum atomic E-state index is 11.6. The molecule has 2 aromatic rings. The van der Waals surface area contributed by atoms with Gasteiger partial charge in [0.05, 0.1) is 5.92 Å². The van der Waals surface area contributed by atoms with Gasteiger partial charge in [0, 0.05) is 26.1 Å². The van der Waals surface area contributed by atoms with Crippen LogP contribution in [0.2, 0.25) is 0 Å². The van der Waals surface area contributed by atoms with Gasteiger partial charge in [-0.2, -0.15) is 0 Å². The number of methoxy groups -OCH3 is 2. The Kier molecular flexibility index (Phi) is 3.22. The van der Waals surface area contributed by atoms with Gasteiger partial charge < -0.3 is 14.6 Å². The maximum absolute atomic E-state index is 11.6. The van der Waals surface area contributed by atoms with E-state index in [2.05, 4.69) is 24.3 Å². The SMILES string of the molecule is COC1(OC)[C@@H]2CC(C(=O)O)C[C@H]1c1cccc3cccc2c13. The van der Waals surface area contributed by atoms with Crippen LogP contribution in [0.4, 0.5) is 0 Å². The summed E-state index contributed by atoms with van der Waals surface area (Å²) in [7, 11) is 3.33. The van der Waals surface area contributed by atoms with Crippen molar-refractivity contribution in [3.63, 3.8) is 0 Å². The molecule has 1 N–H and O–H groups in total. The topological polar surface area (TPSA) is 55.8 Å². The van der Waals surface area contributed by atoms with Gasteiger partial charge in [0.15, 0.2) is 5.79 Å². The van der Waals surface area contributed by atoms with Crippen LogP contribution in [0.25, 0.3) is 10.8 Å². The lowest BCUT2D eigenvalue weighted by Crippen LogP contribution is -2.53. The molecule has 4 nitrogen and oxygen atoms in total. The van der Waals surface area contributed by atoms with Gasteiger partial charge in [-0.25, -0.2) is 0 Å². The van der Waals surface area contributed by atoms with Crippen LogP contribution < -0.4 is 0 Å². The number of carboxylic acids is 1. The molecular formula is C19H20O4. The Bertz CT molecular complexity index is 727. The van der Waals surface area contributed by atoms with E-state index in [1.54, 1.807) is 14.2 Å². The molecule has 2 aromatic carbocycles. The van der Waals surface area contributed by atoms with Crippen molar-refractivity contribution >= 4 is 16.7 Å². The van der Waals surface area contributed by atoms with Crippen LogP contribution in [0.15, 0.2) is 36.4 Å². The van der Waals surface area contributed by atoms with E-state index in [1.807, 2.05) is 12.1 Å². The van der Waals surface area contributed by atoms with Crippen molar-refractivity contribution in [2.75, 3.05) is 14.2 Å². The minimum Gasteiger partial charge on any atom is -0.481 e. The average Bonchev–Trinajstić information content (AvgIpc) is 2.58. The van der Waals surface area contributed by atoms with Gasteiger partial charge >= 0.3 is 5.97 Å². The van der Waals surface area contributed by atoms with Gasteiger partial charge in [-0.3, -0.25) is 4.79 Å². The zero-order valence-electron chi connectivity index (χ0n) is 13.3. The molecule has 0 spiro atoms. The number of carboxylic acid groups (broad SMARTS) is 1. The fourth-order valence-electron chi connectivity index (χ4n) is 4.76. The third-order valence-electron chi connectivity index (χ3n) is 5.72. The lowest BCUT2D eigenvalue weighted by Gasteiger charge is -2.52. The van der Waals surface area contributed by atoms with Gasteiger partial charge in [-0.1, -0.05) is 36.4 Å². The maximum Gasteiger partial charge on any atom is 0.306 e. The molecule has 0 saturated heterocycles. The van der Waals surface area contributed by atoms with E-state index in [9.17, 15) is 9.90 Å². The molecular weight excluding hydrogens is 292 g/mol. The number of fused-ring (bicyclic) bond motifs is 4. The van der Waals surface area contributed by atoms with E-state index < -0.39 is 11.8 Å². The molecule has 4 rings (SSSR count).